The molecule has 4 heteroatoms. The number of benzene rings is 3. The summed E-state index contributed by atoms with van der Waals surface area (Å²) in [7, 11) is 0. The van der Waals surface area contributed by atoms with E-state index >= 15 is 0 Å². The molecule has 0 aliphatic carbocycles. The van der Waals surface area contributed by atoms with Crippen molar-refractivity contribution in [2.45, 2.75) is 32.5 Å². The maximum Gasteiger partial charge on any atom is 0.255 e. The van der Waals surface area contributed by atoms with Crippen LogP contribution in [0.3, 0.4) is 0 Å². The monoisotopic (exact) mass is 400 g/mol. The Morgan fingerprint density at radius 3 is 2.23 bits per heavy atom. The van der Waals surface area contributed by atoms with Crippen molar-refractivity contribution in [1.29, 1.82) is 0 Å². The summed E-state index contributed by atoms with van der Waals surface area (Å²) in [6.07, 6.45) is 2.61. The molecule has 1 aliphatic rings. The van der Waals surface area contributed by atoms with Crippen molar-refractivity contribution in [3.8, 4) is 5.75 Å². The van der Waals surface area contributed by atoms with E-state index in [0.29, 0.717) is 24.5 Å². The predicted molar refractivity (Wildman–Crippen MR) is 119 cm³/mol. The van der Waals surface area contributed by atoms with E-state index in [2.05, 4.69) is 34.5 Å². The van der Waals surface area contributed by atoms with Gasteiger partial charge in [0, 0.05) is 13.1 Å². The summed E-state index contributed by atoms with van der Waals surface area (Å²) in [4.78, 5) is 15.2. The van der Waals surface area contributed by atoms with Gasteiger partial charge in [-0.15, -0.1) is 0 Å². The Kier molecular flexibility index (Phi) is 6.78. The van der Waals surface area contributed by atoms with Crippen LogP contribution in [0.25, 0.3) is 0 Å². The zero-order chi connectivity index (χ0) is 20.6. The quantitative estimate of drug-likeness (QED) is 0.591. The lowest BCUT2D eigenvalue weighted by molar-refractivity contribution is 0.0946. The summed E-state index contributed by atoms with van der Waals surface area (Å²) < 4.78 is 5.91. The molecule has 0 bridgehead atoms. The Hall–Kier alpha value is -3.11. The Morgan fingerprint density at radius 1 is 0.800 bits per heavy atom. The van der Waals surface area contributed by atoms with Crippen molar-refractivity contribution >= 4 is 5.91 Å². The molecule has 0 saturated carbocycles. The van der Waals surface area contributed by atoms with Gasteiger partial charge in [0.15, 0.2) is 0 Å². The van der Waals surface area contributed by atoms with Gasteiger partial charge in [-0.1, -0.05) is 66.7 Å². The summed E-state index contributed by atoms with van der Waals surface area (Å²) in [5, 5.41) is 3.02. The Morgan fingerprint density at radius 2 is 1.47 bits per heavy atom. The molecule has 1 fully saturated rings. The van der Waals surface area contributed by atoms with Crippen LogP contribution in [-0.2, 0) is 19.7 Å². The SMILES string of the molecule is O=C(NCc1ccc(CN2CCCC2)cc1)c1ccccc1OCc1ccccc1. The topological polar surface area (TPSA) is 41.6 Å². The van der Waals surface area contributed by atoms with Crippen LogP contribution in [0, 0.1) is 0 Å². The van der Waals surface area contributed by atoms with Crippen LogP contribution in [0.5, 0.6) is 5.75 Å². The third kappa shape index (κ3) is 5.49. The highest BCUT2D eigenvalue weighted by Crippen LogP contribution is 2.20. The van der Waals surface area contributed by atoms with Gasteiger partial charge in [0.2, 0.25) is 0 Å². The standard InChI is InChI=1S/C26H28N2O2/c29-26(24-10-4-5-11-25(24)30-20-23-8-2-1-3-9-23)27-18-21-12-14-22(15-13-21)19-28-16-6-7-17-28/h1-5,8-15H,6-7,16-20H2,(H,27,29). The van der Waals surface area contributed by atoms with Gasteiger partial charge in [-0.25, -0.2) is 0 Å². The van der Waals surface area contributed by atoms with E-state index in [9.17, 15) is 4.79 Å². The first-order valence-corrected chi connectivity index (χ1v) is 10.6. The minimum absolute atomic E-state index is 0.125. The Bertz CT molecular complexity index is 948. The van der Waals surface area contributed by atoms with E-state index in [1.54, 1.807) is 6.07 Å². The van der Waals surface area contributed by atoms with Crippen LogP contribution in [0.15, 0.2) is 78.9 Å². The molecular formula is C26H28N2O2. The van der Waals surface area contributed by atoms with Gasteiger partial charge in [0.05, 0.1) is 5.56 Å². The van der Waals surface area contributed by atoms with Crippen molar-refractivity contribution in [3.05, 3.63) is 101 Å². The first-order chi connectivity index (χ1) is 14.8. The summed E-state index contributed by atoms with van der Waals surface area (Å²) >= 11 is 0. The number of hydrogen-bond acceptors (Lipinski definition) is 3. The van der Waals surface area contributed by atoms with Gasteiger partial charge in [-0.05, 0) is 54.8 Å². The second kappa shape index (κ2) is 10.1. The maximum absolute atomic E-state index is 12.7. The van der Waals surface area contributed by atoms with Gasteiger partial charge in [0.25, 0.3) is 5.91 Å². The molecule has 4 nitrogen and oxygen atoms in total. The van der Waals surface area contributed by atoms with Gasteiger partial charge in [0.1, 0.15) is 12.4 Å². The summed E-state index contributed by atoms with van der Waals surface area (Å²) in [5.74, 6) is 0.472. The minimum Gasteiger partial charge on any atom is -0.488 e. The number of ether oxygens (including phenoxy) is 1. The smallest absolute Gasteiger partial charge is 0.255 e. The molecular weight excluding hydrogens is 372 g/mol. The molecule has 0 atom stereocenters. The van der Waals surface area contributed by atoms with Gasteiger partial charge >= 0.3 is 0 Å². The number of nitrogens with one attached hydrogen (secondary N) is 1. The average Bonchev–Trinajstić information content (AvgIpc) is 3.31. The Balaban J connectivity index is 1.32. The molecule has 0 spiro atoms. The highest BCUT2D eigenvalue weighted by atomic mass is 16.5. The highest BCUT2D eigenvalue weighted by Gasteiger charge is 2.13. The predicted octanol–water partition coefficient (Wildman–Crippen LogP) is 4.79. The number of nitrogens with zero attached hydrogens (tertiary/aromatic N) is 1. The third-order valence-corrected chi connectivity index (χ3v) is 5.45. The van der Waals surface area contributed by atoms with Crippen LogP contribution in [0.1, 0.15) is 39.9 Å². The number of hydrogen-bond donors (Lipinski definition) is 1. The lowest BCUT2D eigenvalue weighted by Crippen LogP contribution is -2.23. The fourth-order valence-electron chi connectivity index (χ4n) is 3.75. The highest BCUT2D eigenvalue weighted by molar-refractivity contribution is 5.96. The van der Waals surface area contributed by atoms with Crippen LogP contribution in [0.4, 0.5) is 0 Å². The van der Waals surface area contributed by atoms with Crippen molar-refractivity contribution in [2.75, 3.05) is 13.1 Å². The Labute approximate surface area is 178 Å². The number of carbonyl (C=O) groups excluding carboxylic acids is 1. The molecule has 1 aliphatic heterocycles. The van der Waals surface area contributed by atoms with Crippen molar-refractivity contribution in [3.63, 3.8) is 0 Å². The van der Waals surface area contributed by atoms with Gasteiger partial charge < -0.3 is 10.1 Å². The van der Waals surface area contributed by atoms with E-state index in [1.165, 1.54) is 31.5 Å². The molecule has 0 unspecified atom stereocenters. The molecule has 1 amide bonds. The van der Waals surface area contributed by atoms with E-state index in [1.807, 2.05) is 48.5 Å². The van der Waals surface area contributed by atoms with Crippen LogP contribution < -0.4 is 10.1 Å². The summed E-state index contributed by atoms with van der Waals surface area (Å²) in [5.41, 5.74) is 4.05. The molecule has 0 aromatic heterocycles. The van der Waals surface area contributed by atoms with Crippen molar-refractivity contribution in [1.82, 2.24) is 10.2 Å². The van der Waals surface area contributed by atoms with E-state index < -0.39 is 0 Å². The maximum atomic E-state index is 12.7. The van der Waals surface area contributed by atoms with Gasteiger partial charge in [-0.2, -0.15) is 0 Å². The zero-order valence-corrected chi connectivity index (χ0v) is 17.2. The van der Waals surface area contributed by atoms with Crippen molar-refractivity contribution in [2.24, 2.45) is 0 Å². The number of para-hydroxylation sites is 1. The van der Waals surface area contributed by atoms with E-state index in [0.717, 1.165) is 17.7 Å². The molecule has 30 heavy (non-hydrogen) atoms. The first-order valence-electron chi connectivity index (χ1n) is 10.6. The van der Waals surface area contributed by atoms with E-state index in [4.69, 9.17) is 4.74 Å². The third-order valence-electron chi connectivity index (χ3n) is 5.45. The zero-order valence-electron chi connectivity index (χ0n) is 17.2. The van der Waals surface area contributed by atoms with E-state index in [-0.39, 0.29) is 5.91 Å². The average molecular weight is 401 g/mol. The molecule has 3 aromatic carbocycles. The molecule has 4 rings (SSSR count). The molecule has 1 N–H and O–H groups in total. The molecule has 154 valence electrons. The molecule has 1 saturated heterocycles. The van der Waals surface area contributed by atoms with Crippen LogP contribution in [-0.4, -0.2) is 23.9 Å². The number of rotatable bonds is 8. The number of likely N-dealkylation sites (tertiary alicyclic amines) is 1. The normalized spacial score (nSPS) is 13.9. The lowest BCUT2D eigenvalue weighted by atomic mass is 10.1. The van der Waals surface area contributed by atoms with Crippen molar-refractivity contribution < 1.29 is 9.53 Å². The molecule has 1 heterocycles. The number of carbonyl (C=O) groups is 1. The van der Waals surface area contributed by atoms with Crippen LogP contribution in [0.2, 0.25) is 0 Å². The largest absolute Gasteiger partial charge is 0.488 e. The minimum atomic E-state index is -0.125. The van der Waals surface area contributed by atoms with Crippen LogP contribution >= 0.6 is 0 Å². The summed E-state index contributed by atoms with van der Waals surface area (Å²) in [6.45, 7) is 4.34. The molecule has 0 radical (unpaired) electrons. The lowest BCUT2D eigenvalue weighted by Gasteiger charge is -2.15. The second-order valence-electron chi connectivity index (χ2n) is 7.75. The number of amides is 1. The second-order valence-corrected chi connectivity index (χ2v) is 7.75. The fourth-order valence-corrected chi connectivity index (χ4v) is 3.75. The fraction of sp³-hybridized carbons (Fsp3) is 0.269. The molecule has 3 aromatic rings. The first kappa shape index (κ1) is 20.2. The summed E-state index contributed by atoms with van der Waals surface area (Å²) in [6, 6.07) is 25.9. The van der Waals surface area contributed by atoms with Gasteiger partial charge in [-0.3, -0.25) is 9.69 Å².